The van der Waals surface area contributed by atoms with Crippen LogP contribution in [0.3, 0.4) is 0 Å². The molecule has 37 heavy (non-hydrogen) atoms. The molecule has 0 spiro atoms. The second-order valence-corrected chi connectivity index (χ2v) is 9.39. The van der Waals surface area contributed by atoms with Gasteiger partial charge in [-0.05, 0) is 82.7 Å². The van der Waals surface area contributed by atoms with E-state index < -0.39 is 11.8 Å². The third kappa shape index (κ3) is 3.90. The van der Waals surface area contributed by atoms with Crippen molar-refractivity contribution in [1.29, 1.82) is 0 Å². The summed E-state index contributed by atoms with van der Waals surface area (Å²) in [5, 5.41) is 4.14. The lowest BCUT2D eigenvalue weighted by Crippen LogP contribution is -2.56. The van der Waals surface area contributed by atoms with Crippen molar-refractivity contribution >= 4 is 68.1 Å². The minimum absolute atomic E-state index is 0.0551. The molecule has 0 radical (unpaired) electrons. The molecule has 1 aliphatic rings. The van der Waals surface area contributed by atoms with Crippen molar-refractivity contribution in [3.63, 3.8) is 0 Å². The molecule has 0 bridgehead atoms. The summed E-state index contributed by atoms with van der Waals surface area (Å²) in [5.41, 5.74) is 3.17. The summed E-state index contributed by atoms with van der Waals surface area (Å²) >= 11 is 5.75. The quantitative estimate of drug-likeness (QED) is 0.116. The third-order valence-corrected chi connectivity index (χ3v) is 7.02. The van der Waals surface area contributed by atoms with Gasteiger partial charge >= 0.3 is 0 Å². The normalized spacial score (nSPS) is 15.3. The van der Waals surface area contributed by atoms with Crippen molar-refractivity contribution in [3.8, 4) is 0 Å². The van der Waals surface area contributed by atoms with E-state index in [2.05, 4.69) is 6.07 Å². The molecule has 0 aromatic heterocycles. The largest absolute Gasteiger partial charge is 0.270 e. The molecule has 5 aromatic rings. The van der Waals surface area contributed by atoms with Gasteiger partial charge in [-0.1, -0.05) is 84.4 Å². The molecular weight excluding hydrogens is 476 g/mol. The van der Waals surface area contributed by atoms with Crippen LogP contribution in [0, 0.1) is 6.92 Å². The van der Waals surface area contributed by atoms with Crippen LogP contribution in [-0.4, -0.2) is 16.9 Å². The van der Waals surface area contributed by atoms with Crippen molar-refractivity contribution in [3.05, 3.63) is 126 Å². The molecule has 6 rings (SSSR count). The molecule has 0 unspecified atom stereocenters. The zero-order valence-corrected chi connectivity index (χ0v) is 20.9. The lowest BCUT2D eigenvalue weighted by molar-refractivity contribution is -0.120. The molecule has 2 amide bonds. The fraction of sp³-hybridized carbons (Fsp3) is 0.0312. The van der Waals surface area contributed by atoms with E-state index in [0.717, 1.165) is 32.7 Å². The van der Waals surface area contributed by atoms with Gasteiger partial charge < -0.3 is 0 Å². The van der Waals surface area contributed by atoms with Crippen LogP contribution in [0.25, 0.3) is 27.6 Å². The van der Waals surface area contributed by atoms with Crippen molar-refractivity contribution in [2.45, 2.75) is 6.92 Å². The van der Waals surface area contributed by atoms with Crippen LogP contribution in [0.1, 0.15) is 11.1 Å². The number of rotatable bonds is 3. The monoisotopic (exact) mass is 498 g/mol. The Morgan fingerprint density at radius 2 is 1.11 bits per heavy atom. The Morgan fingerprint density at radius 3 is 1.68 bits per heavy atom. The van der Waals surface area contributed by atoms with E-state index in [0.29, 0.717) is 11.4 Å². The summed E-state index contributed by atoms with van der Waals surface area (Å²) in [6, 6.07) is 34.9. The SMILES string of the molecule is Cc1ccc(N2C(=O)/C(=C\c3c4ccccc4cc4ccccc34)C(=O)N(c3ccccc3)C2=S)cc1. The van der Waals surface area contributed by atoms with Gasteiger partial charge in [-0.2, -0.15) is 0 Å². The minimum atomic E-state index is -0.443. The standard InChI is InChI=1S/C32H22N2O2S/c1-21-15-17-25(18-16-21)34-31(36)29(30(35)33(32(34)37)24-11-3-2-4-12-24)20-28-26-13-7-5-9-22(26)19-23-10-6-8-14-27(23)28/h2-20H,1H3/b29-20-. The number of fused-ring (bicyclic) bond motifs is 2. The van der Waals surface area contributed by atoms with E-state index >= 15 is 0 Å². The maximum absolute atomic E-state index is 14.0. The van der Waals surface area contributed by atoms with E-state index in [4.69, 9.17) is 12.2 Å². The van der Waals surface area contributed by atoms with Crippen LogP contribution in [0.15, 0.2) is 115 Å². The van der Waals surface area contributed by atoms with E-state index in [1.54, 1.807) is 6.08 Å². The first-order chi connectivity index (χ1) is 18.0. The van der Waals surface area contributed by atoms with Crippen LogP contribution in [0.4, 0.5) is 11.4 Å². The Balaban J connectivity index is 1.61. The fourth-order valence-electron chi connectivity index (χ4n) is 4.80. The van der Waals surface area contributed by atoms with Gasteiger partial charge in [-0.25, -0.2) is 0 Å². The number of carbonyl (C=O) groups is 2. The Labute approximate surface area is 220 Å². The first kappa shape index (κ1) is 22.8. The predicted molar refractivity (Wildman–Crippen MR) is 155 cm³/mol. The second kappa shape index (κ2) is 9.12. The maximum Gasteiger partial charge on any atom is 0.270 e. The van der Waals surface area contributed by atoms with Gasteiger partial charge in [0, 0.05) is 0 Å². The number of benzene rings is 5. The van der Waals surface area contributed by atoms with Gasteiger partial charge in [-0.15, -0.1) is 0 Å². The molecule has 0 aliphatic carbocycles. The van der Waals surface area contributed by atoms with Crippen molar-refractivity contribution < 1.29 is 9.59 Å². The van der Waals surface area contributed by atoms with Crippen LogP contribution >= 0.6 is 12.2 Å². The molecule has 1 aliphatic heterocycles. The average molecular weight is 499 g/mol. The summed E-state index contributed by atoms with van der Waals surface area (Å²) in [6.45, 7) is 1.98. The first-order valence-electron chi connectivity index (χ1n) is 12.0. The summed E-state index contributed by atoms with van der Waals surface area (Å²) in [4.78, 5) is 30.9. The summed E-state index contributed by atoms with van der Waals surface area (Å²) < 4.78 is 0. The van der Waals surface area contributed by atoms with Gasteiger partial charge in [-0.3, -0.25) is 19.4 Å². The van der Waals surface area contributed by atoms with Gasteiger partial charge in [0.2, 0.25) is 0 Å². The smallest absolute Gasteiger partial charge is 0.268 e. The number of nitrogens with zero attached hydrogens (tertiary/aromatic N) is 2. The number of carbonyl (C=O) groups excluding carboxylic acids is 2. The minimum Gasteiger partial charge on any atom is -0.268 e. The number of hydrogen-bond donors (Lipinski definition) is 0. The number of hydrogen-bond acceptors (Lipinski definition) is 3. The van der Waals surface area contributed by atoms with Crippen molar-refractivity contribution in [2.75, 3.05) is 9.80 Å². The number of para-hydroxylation sites is 1. The lowest BCUT2D eigenvalue weighted by atomic mass is 9.94. The Morgan fingerprint density at radius 1 is 0.622 bits per heavy atom. The third-order valence-electron chi connectivity index (χ3n) is 6.66. The zero-order chi connectivity index (χ0) is 25.5. The van der Waals surface area contributed by atoms with Gasteiger partial charge in [0.1, 0.15) is 5.57 Å². The zero-order valence-electron chi connectivity index (χ0n) is 20.1. The van der Waals surface area contributed by atoms with Crippen LogP contribution in [0.5, 0.6) is 0 Å². The lowest BCUT2D eigenvalue weighted by Gasteiger charge is -2.36. The van der Waals surface area contributed by atoms with Crippen molar-refractivity contribution in [1.82, 2.24) is 0 Å². The van der Waals surface area contributed by atoms with Crippen molar-refractivity contribution in [2.24, 2.45) is 0 Å². The second-order valence-electron chi connectivity index (χ2n) is 9.03. The van der Waals surface area contributed by atoms with Gasteiger partial charge in [0.15, 0.2) is 5.11 Å². The average Bonchev–Trinajstić information content (AvgIpc) is 2.92. The van der Waals surface area contributed by atoms with Crippen LogP contribution in [-0.2, 0) is 9.59 Å². The molecule has 0 saturated carbocycles. The molecule has 178 valence electrons. The predicted octanol–water partition coefficient (Wildman–Crippen LogP) is 7.05. The molecule has 0 atom stereocenters. The summed E-state index contributed by atoms with van der Waals surface area (Å²) in [5.74, 6) is -0.885. The summed E-state index contributed by atoms with van der Waals surface area (Å²) in [6.07, 6.45) is 1.73. The Bertz CT molecular complexity index is 1690. The van der Waals surface area contributed by atoms with E-state index in [9.17, 15) is 9.59 Å². The molecule has 4 nitrogen and oxygen atoms in total. The highest BCUT2D eigenvalue weighted by Crippen LogP contribution is 2.34. The number of amides is 2. The van der Waals surface area contributed by atoms with Gasteiger partial charge in [0.05, 0.1) is 11.4 Å². The fourth-order valence-corrected chi connectivity index (χ4v) is 5.18. The molecule has 1 heterocycles. The van der Waals surface area contributed by atoms with E-state index in [1.807, 2.05) is 110 Å². The number of aryl methyl sites for hydroxylation is 1. The maximum atomic E-state index is 14.0. The molecular formula is C32H22N2O2S. The van der Waals surface area contributed by atoms with E-state index in [1.165, 1.54) is 9.80 Å². The molecule has 1 saturated heterocycles. The summed E-state index contributed by atoms with van der Waals surface area (Å²) in [7, 11) is 0. The first-order valence-corrected chi connectivity index (χ1v) is 12.4. The Kier molecular flexibility index (Phi) is 5.63. The van der Waals surface area contributed by atoms with Gasteiger partial charge in [0.25, 0.3) is 11.8 Å². The number of thiocarbonyl (C=S) groups is 1. The van der Waals surface area contributed by atoms with Crippen LogP contribution < -0.4 is 9.80 Å². The molecule has 1 fully saturated rings. The highest BCUT2D eigenvalue weighted by Gasteiger charge is 2.41. The molecule has 5 aromatic carbocycles. The van der Waals surface area contributed by atoms with Crippen LogP contribution in [0.2, 0.25) is 0 Å². The molecule has 5 heteroatoms. The van der Waals surface area contributed by atoms with E-state index in [-0.39, 0.29) is 10.7 Å². The number of anilines is 2. The highest BCUT2D eigenvalue weighted by atomic mass is 32.1. The highest BCUT2D eigenvalue weighted by molar-refractivity contribution is 7.81. The Hall–Kier alpha value is -4.61. The topological polar surface area (TPSA) is 40.6 Å². The molecule has 0 N–H and O–H groups in total.